The minimum Gasteiger partial charge on any atom is -0.365 e. The van der Waals surface area contributed by atoms with Gasteiger partial charge in [0.15, 0.2) is 0 Å². The Bertz CT molecular complexity index is 4710. The third-order valence-corrected chi connectivity index (χ3v) is 22.1. The molecule has 4 aliphatic rings. The van der Waals surface area contributed by atoms with E-state index in [2.05, 4.69) is 366 Å². The van der Waals surface area contributed by atoms with Gasteiger partial charge in [-0.25, -0.2) is 0 Å². The van der Waals surface area contributed by atoms with Crippen LogP contribution in [0.25, 0.3) is 89.0 Å². The zero-order valence-electron chi connectivity index (χ0n) is 58.1. The van der Waals surface area contributed by atoms with Gasteiger partial charge in [-0.15, -0.1) is 0 Å². The molecule has 99 heavy (non-hydrogen) atoms. The van der Waals surface area contributed by atoms with Gasteiger partial charge in [-0.2, -0.15) is 0 Å². The molecule has 3 unspecified atom stereocenters. The second kappa shape index (κ2) is 25.0. The first-order chi connectivity index (χ1) is 48.3. The largest absolute Gasteiger partial charge is 0.365 e. The predicted molar refractivity (Wildman–Crippen MR) is 424 cm³/mol. The van der Waals surface area contributed by atoms with E-state index in [1.807, 2.05) is 0 Å². The summed E-state index contributed by atoms with van der Waals surface area (Å²) in [4.78, 5) is 8.44. The van der Waals surface area contributed by atoms with Crippen LogP contribution in [0.4, 0.5) is 39.8 Å². The Morgan fingerprint density at radius 3 is 1.00 bits per heavy atom. The van der Waals surface area contributed by atoms with Gasteiger partial charge < -0.3 is 14.7 Å². The van der Waals surface area contributed by atoms with E-state index in [4.69, 9.17) is 0 Å². The van der Waals surface area contributed by atoms with E-state index in [0.29, 0.717) is 12.1 Å². The lowest BCUT2D eigenvalue weighted by Crippen LogP contribution is -2.61. The molecule has 2 fully saturated rings. The van der Waals surface area contributed by atoms with Gasteiger partial charge in [-0.05, 0) is 192 Å². The number of hydrogen-bond donors (Lipinski definition) is 0. The second-order valence-electron chi connectivity index (χ2n) is 30.3. The number of anilines is 7. The van der Waals surface area contributed by atoms with Crippen molar-refractivity contribution in [2.45, 2.75) is 103 Å². The maximum absolute atomic E-state index is 2.93. The molecule has 3 nitrogen and oxygen atoms in total. The second-order valence-corrected chi connectivity index (χ2v) is 30.3. The molecule has 13 aromatic rings. The van der Waals surface area contributed by atoms with Crippen LogP contribution >= 0.6 is 0 Å². The Balaban J connectivity index is 1.05. The van der Waals surface area contributed by atoms with Gasteiger partial charge in [0.1, 0.15) is 0 Å². The van der Waals surface area contributed by atoms with Crippen molar-refractivity contribution in [2.75, 3.05) is 14.7 Å². The molecule has 13 aromatic carbocycles. The molecule has 2 bridgehead atoms. The highest BCUT2D eigenvalue weighted by molar-refractivity contribution is 7.00. The van der Waals surface area contributed by atoms with Gasteiger partial charge >= 0.3 is 0 Å². The zero-order chi connectivity index (χ0) is 67.1. The van der Waals surface area contributed by atoms with Crippen molar-refractivity contribution >= 4 is 62.9 Å². The lowest BCUT2D eigenvalue weighted by atomic mass is 9.33. The zero-order valence-corrected chi connectivity index (χ0v) is 58.1. The highest BCUT2D eigenvalue weighted by atomic mass is 15.2. The maximum Gasteiger partial charge on any atom is 0.252 e. The van der Waals surface area contributed by atoms with Crippen LogP contribution < -0.4 is 31.1 Å². The monoisotopic (exact) mass is 1280 g/mol. The van der Waals surface area contributed by atoms with Crippen molar-refractivity contribution in [2.24, 2.45) is 5.92 Å². The molecule has 3 aliphatic heterocycles. The molecule has 17 rings (SSSR count). The van der Waals surface area contributed by atoms with Crippen LogP contribution in [0.1, 0.15) is 91.7 Å². The predicted octanol–water partition coefficient (Wildman–Crippen LogP) is 23.9. The molecular weight excluding hydrogens is 1190 g/mol. The average molecular weight is 1280 g/mol. The summed E-state index contributed by atoms with van der Waals surface area (Å²) in [6.07, 6.45) is 5.98. The fourth-order valence-corrected chi connectivity index (χ4v) is 17.1. The number of hydrogen-bond acceptors (Lipinski definition) is 3. The molecule has 0 spiro atoms. The van der Waals surface area contributed by atoms with E-state index in [1.165, 1.54) is 171 Å². The Morgan fingerprint density at radius 2 is 0.657 bits per heavy atom. The SMILES string of the molecule is CCC1CC2CCC(C2)N1c1cc2c3c(c1)N(c1c(-c4ccccc4)cc(-c4ccccc4)cc1-c1ccccc1)c1ccc(-c4ccc(C(C)(C)C)cc4)cc1B3c1cc(-c3ccc(C(C)(C)C)cc3)ccc1N2c1c(-c2ccccc2)cc(-c2ccccc2)cc1-c1ccccc1. The van der Waals surface area contributed by atoms with Crippen LogP contribution in [0.5, 0.6) is 0 Å². The first-order valence-corrected chi connectivity index (χ1v) is 36.1. The smallest absolute Gasteiger partial charge is 0.252 e. The van der Waals surface area contributed by atoms with Gasteiger partial charge in [0.2, 0.25) is 0 Å². The van der Waals surface area contributed by atoms with Crippen LogP contribution in [0.15, 0.2) is 303 Å². The normalized spacial score (nSPS) is 16.1. The first-order valence-electron chi connectivity index (χ1n) is 36.1. The Hall–Kier alpha value is -10.7. The molecule has 3 atom stereocenters. The minimum absolute atomic E-state index is 0.00667. The van der Waals surface area contributed by atoms with Crippen LogP contribution in [0.2, 0.25) is 0 Å². The summed E-state index contributed by atoms with van der Waals surface area (Å²) in [7, 11) is 0. The molecule has 1 saturated heterocycles. The molecule has 1 saturated carbocycles. The lowest BCUT2D eigenvalue weighted by Gasteiger charge is -2.48. The van der Waals surface area contributed by atoms with Crippen molar-refractivity contribution in [1.82, 2.24) is 0 Å². The third-order valence-electron chi connectivity index (χ3n) is 22.1. The number of fused-ring (bicyclic) bond motifs is 6. The van der Waals surface area contributed by atoms with E-state index in [1.54, 1.807) is 0 Å². The van der Waals surface area contributed by atoms with Gasteiger partial charge in [0, 0.05) is 62.8 Å². The van der Waals surface area contributed by atoms with Crippen molar-refractivity contribution in [3.8, 4) is 89.0 Å². The van der Waals surface area contributed by atoms with E-state index >= 15 is 0 Å². The highest BCUT2D eigenvalue weighted by Crippen LogP contribution is 2.56. The Kier molecular flexibility index (Phi) is 15.6. The summed E-state index contributed by atoms with van der Waals surface area (Å²) in [6, 6.07) is 117. The van der Waals surface area contributed by atoms with Crippen molar-refractivity contribution in [1.29, 1.82) is 0 Å². The summed E-state index contributed by atoms with van der Waals surface area (Å²) in [5, 5.41) is 0. The molecule has 0 radical (unpaired) electrons. The van der Waals surface area contributed by atoms with Gasteiger partial charge in [-0.3, -0.25) is 0 Å². The van der Waals surface area contributed by atoms with Crippen molar-refractivity contribution < 1.29 is 0 Å². The van der Waals surface area contributed by atoms with Crippen molar-refractivity contribution in [3.63, 3.8) is 0 Å². The number of rotatable bonds is 12. The van der Waals surface area contributed by atoms with Crippen LogP contribution in [0.3, 0.4) is 0 Å². The maximum atomic E-state index is 2.93. The summed E-state index contributed by atoms with van der Waals surface area (Å²) in [6.45, 7) is 16.1. The molecule has 482 valence electrons. The first kappa shape index (κ1) is 61.9. The van der Waals surface area contributed by atoms with Gasteiger partial charge in [0.25, 0.3) is 6.71 Å². The molecule has 0 amide bonds. The van der Waals surface area contributed by atoms with Crippen LogP contribution in [-0.2, 0) is 10.8 Å². The van der Waals surface area contributed by atoms with Crippen LogP contribution in [-0.4, -0.2) is 18.8 Å². The number of nitrogens with zero attached hydrogens (tertiary/aromatic N) is 3. The van der Waals surface area contributed by atoms with Gasteiger partial charge in [0.05, 0.1) is 11.4 Å². The number of benzene rings is 13. The third kappa shape index (κ3) is 11.2. The molecule has 0 N–H and O–H groups in total. The molecule has 3 heterocycles. The molecule has 1 aliphatic carbocycles. The van der Waals surface area contributed by atoms with E-state index in [9.17, 15) is 0 Å². The number of piperidine rings is 1. The van der Waals surface area contributed by atoms with E-state index in [0.717, 1.165) is 23.7 Å². The minimum atomic E-state index is -0.212. The quantitative estimate of drug-likeness (QED) is 0.113. The summed E-state index contributed by atoms with van der Waals surface area (Å²) >= 11 is 0. The fourth-order valence-electron chi connectivity index (χ4n) is 17.1. The Morgan fingerprint density at radius 1 is 0.323 bits per heavy atom. The van der Waals surface area contributed by atoms with E-state index in [-0.39, 0.29) is 17.5 Å². The average Bonchev–Trinajstić information content (AvgIpc) is 0.726. The topological polar surface area (TPSA) is 9.72 Å². The summed E-state index contributed by atoms with van der Waals surface area (Å²) < 4.78 is 0. The van der Waals surface area contributed by atoms with Gasteiger partial charge in [-0.1, -0.05) is 303 Å². The summed E-state index contributed by atoms with van der Waals surface area (Å²) in [5.74, 6) is 0.746. The standard InChI is InChI=1S/C95H84BN3/c1-8-78-53-63-39-50-79(54-63)97(78)80-61-89-91-90(62-80)99(93-83(70-35-23-13-24-36-70)57-75(65-29-17-10-18-30-65)58-84(93)71-37-25-14-26-38-71)88-52-45-73(67-42-48-77(49-43-67)95(5,6)7)60-86(88)96(91)85-59-72(66-40-46-76(47-41-66)94(2,3)4)44-51-87(85)98(89)92-81(68-31-19-11-20-32-68)55-74(64-27-15-9-16-28-64)56-82(92)69-33-21-12-22-34-69/h9-38,40-49,51-52,55-63,78-79H,8,39,50,53-54H2,1-7H3. The Labute approximate surface area is 586 Å². The molecular formula is C95H84BN3. The highest BCUT2D eigenvalue weighted by Gasteiger charge is 2.48. The van der Waals surface area contributed by atoms with Crippen LogP contribution in [0, 0.1) is 5.92 Å². The molecule has 4 heteroatoms. The fraction of sp³-hybridized carbons (Fsp3) is 0.179. The summed E-state index contributed by atoms with van der Waals surface area (Å²) in [5.41, 5.74) is 33.8. The lowest BCUT2D eigenvalue weighted by molar-refractivity contribution is 0.351. The molecule has 0 aromatic heterocycles. The van der Waals surface area contributed by atoms with Crippen molar-refractivity contribution in [3.05, 3.63) is 314 Å². The van der Waals surface area contributed by atoms with E-state index < -0.39 is 0 Å².